The molecular formula is C28H27N3O6S. The SMILES string of the molecule is COc1ccc(NC(=O)c2oc3ccccc3c2NCC(=O)c2cccc(S(=O)(=O)N3CCCC3)c2)cc1. The molecule has 1 saturated heterocycles. The van der Waals surface area contributed by atoms with Crippen LogP contribution in [0.5, 0.6) is 5.75 Å². The van der Waals surface area contributed by atoms with Crippen molar-refractivity contribution in [2.24, 2.45) is 0 Å². The summed E-state index contributed by atoms with van der Waals surface area (Å²) in [4.78, 5) is 26.3. The van der Waals surface area contributed by atoms with Gasteiger partial charge in [-0.05, 0) is 61.4 Å². The number of rotatable bonds is 9. The maximum absolute atomic E-state index is 13.1. The van der Waals surface area contributed by atoms with Crippen LogP contribution in [-0.2, 0) is 10.0 Å². The lowest BCUT2D eigenvalue weighted by molar-refractivity contribution is 0.0990. The first kappa shape index (κ1) is 25.5. The molecule has 0 atom stereocenters. The molecule has 9 nitrogen and oxygen atoms in total. The topological polar surface area (TPSA) is 118 Å². The number of anilines is 2. The predicted molar refractivity (Wildman–Crippen MR) is 144 cm³/mol. The molecule has 2 heterocycles. The summed E-state index contributed by atoms with van der Waals surface area (Å²) in [6.07, 6.45) is 1.66. The summed E-state index contributed by atoms with van der Waals surface area (Å²) < 4.78 is 38.3. The monoisotopic (exact) mass is 533 g/mol. The Hall–Kier alpha value is -4.15. The Kier molecular flexibility index (Phi) is 7.17. The second-order valence-electron chi connectivity index (χ2n) is 8.90. The maximum Gasteiger partial charge on any atom is 0.293 e. The minimum Gasteiger partial charge on any atom is -0.497 e. The number of hydrogen-bond acceptors (Lipinski definition) is 7. The molecule has 0 saturated carbocycles. The van der Waals surface area contributed by atoms with Crippen LogP contribution in [-0.4, -0.2) is 51.2 Å². The van der Waals surface area contributed by atoms with E-state index in [-0.39, 0.29) is 28.5 Å². The highest BCUT2D eigenvalue weighted by Crippen LogP contribution is 2.32. The lowest BCUT2D eigenvalue weighted by atomic mass is 10.1. The smallest absolute Gasteiger partial charge is 0.293 e. The van der Waals surface area contributed by atoms with Crippen LogP contribution in [0.1, 0.15) is 33.8 Å². The second kappa shape index (κ2) is 10.7. The highest BCUT2D eigenvalue weighted by Gasteiger charge is 2.28. The molecule has 1 fully saturated rings. The third-order valence-corrected chi connectivity index (χ3v) is 8.33. The van der Waals surface area contributed by atoms with Crippen molar-refractivity contribution >= 4 is 44.1 Å². The largest absolute Gasteiger partial charge is 0.497 e. The number of ether oxygens (including phenoxy) is 1. The first-order valence-electron chi connectivity index (χ1n) is 12.2. The molecule has 196 valence electrons. The summed E-state index contributed by atoms with van der Waals surface area (Å²) in [6, 6.07) is 20.0. The van der Waals surface area contributed by atoms with Crippen molar-refractivity contribution in [3.8, 4) is 5.75 Å². The second-order valence-corrected chi connectivity index (χ2v) is 10.8. The van der Waals surface area contributed by atoms with Gasteiger partial charge in [0.05, 0.1) is 24.2 Å². The van der Waals surface area contributed by atoms with Crippen molar-refractivity contribution in [1.29, 1.82) is 0 Å². The van der Waals surface area contributed by atoms with Gasteiger partial charge < -0.3 is 19.8 Å². The van der Waals surface area contributed by atoms with Crippen LogP contribution in [0.2, 0.25) is 0 Å². The zero-order chi connectivity index (χ0) is 26.7. The Labute approximate surface area is 220 Å². The van der Waals surface area contributed by atoms with Gasteiger partial charge in [0.25, 0.3) is 5.91 Å². The van der Waals surface area contributed by atoms with Crippen LogP contribution in [0.25, 0.3) is 11.0 Å². The Balaban J connectivity index is 1.36. The molecule has 2 N–H and O–H groups in total. The van der Waals surface area contributed by atoms with Gasteiger partial charge in [-0.2, -0.15) is 4.31 Å². The molecule has 1 aliphatic heterocycles. The third kappa shape index (κ3) is 5.13. The van der Waals surface area contributed by atoms with Gasteiger partial charge >= 0.3 is 0 Å². The first-order chi connectivity index (χ1) is 18.4. The van der Waals surface area contributed by atoms with E-state index in [1.165, 1.54) is 16.4 Å². The average Bonchev–Trinajstić information content (AvgIpc) is 3.61. The van der Waals surface area contributed by atoms with Crippen LogP contribution < -0.4 is 15.4 Å². The average molecular weight is 534 g/mol. The molecule has 3 aromatic carbocycles. The van der Waals surface area contributed by atoms with E-state index < -0.39 is 15.9 Å². The molecule has 1 aromatic heterocycles. The molecule has 0 bridgehead atoms. The highest BCUT2D eigenvalue weighted by molar-refractivity contribution is 7.89. The van der Waals surface area contributed by atoms with Crippen molar-refractivity contribution in [1.82, 2.24) is 4.31 Å². The standard InChI is InChI=1S/C28H27N3O6S/c1-36-21-13-11-20(12-14-21)30-28(33)27-26(23-9-2-3-10-25(23)37-27)29-18-24(32)19-7-6-8-22(17-19)38(34,35)31-15-4-5-16-31/h2-3,6-14,17,29H,4-5,15-16,18H2,1H3,(H,30,33). The Morgan fingerprint density at radius 3 is 2.45 bits per heavy atom. The van der Waals surface area contributed by atoms with Crippen LogP contribution in [0, 0.1) is 0 Å². The fraction of sp³-hybridized carbons (Fsp3) is 0.214. The van der Waals surface area contributed by atoms with Crippen molar-refractivity contribution < 1.29 is 27.2 Å². The van der Waals surface area contributed by atoms with Crippen LogP contribution in [0.15, 0.2) is 82.1 Å². The highest BCUT2D eigenvalue weighted by atomic mass is 32.2. The molecule has 38 heavy (non-hydrogen) atoms. The zero-order valence-corrected chi connectivity index (χ0v) is 21.6. The Morgan fingerprint density at radius 2 is 1.71 bits per heavy atom. The first-order valence-corrected chi connectivity index (χ1v) is 13.6. The number of carbonyl (C=O) groups excluding carboxylic acids is 2. The number of amides is 1. The van der Waals surface area contributed by atoms with Crippen LogP contribution in [0.4, 0.5) is 11.4 Å². The van der Waals surface area contributed by atoms with Gasteiger partial charge in [0.2, 0.25) is 15.8 Å². The number of ketones is 1. The zero-order valence-electron chi connectivity index (χ0n) is 20.8. The number of hydrogen-bond donors (Lipinski definition) is 2. The summed E-state index contributed by atoms with van der Waals surface area (Å²) in [7, 11) is -2.09. The fourth-order valence-corrected chi connectivity index (χ4v) is 5.98. The Bertz CT molecular complexity index is 1590. The molecule has 4 aromatic rings. The predicted octanol–water partition coefficient (Wildman–Crippen LogP) is 4.77. The molecular weight excluding hydrogens is 506 g/mol. The molecule has 1 amide bonds. The summed E-state index contributed by atoms with van der Waals surface area (Å²) >= 11 is 0. The summed E-state index contributed by atoms with van der Waals surface area (Å²) in [5.74, 6) is -0.125. The lowest BCUT2D eigenvalue weighted by Gasteiger charge is -2.16. The number of furan rings is 1. The molecule has 0 radical (unpaired) electrons. The molecule has 0 spiro atoms. The van der Waals surface area contributed by atoms with Gasteiger partial charge in [-0.25, -0.2) is 8.42 Å². The minimum absolute atomic E-state index is 0.0279. The van der Waals surface area contributed by atoms with E-state index in [1.807, 2.05) is 6.07 Å². The van der Waals surface area contributed by atoms with Crippen molar-refractivity contribution in [2.75, 3.05) is 37.4 Å². The van der Waals surface area contributed by atoms with E-state index in [0.717, 1.165) is 12.8 Å². The molecule has 0 aliphatic carbocycles. The van der Waals surface area contributed by atoms with Gasteiger partial charge in [-0.15, -0.1) is 0 Å². The summed E-state index contributed by atoms with van der Waals surface area (Å²) in [5, 5.41) is 6.49. The van der Waals surface area contributed by atoms with Gasteiger partial charge in [-0.3, -0.25) is 9.59 Å². The van der Waals surface area contributed by atoms with Gasteiger partial charge in [0, 0.05) is 29.7 Å². The van der Waals surface area contributed by atoms with Crippen molar-refractivity contribution in [3.05, 3.63) is 84.1 Å². The van der Waals surface area contributed by atoms with E-state index in [0.29, 0.717) is 41.2 Å². The van der Waals surface area contributed by atoms with Crippen LogP contribution in [0.3, 0.4) is 0 Å². The lowest BCUT2D eigenvalue weighted by Crippen LogP contribution is -2.28. The van der Waals surface area contributed by atoms with Crippen molar-refractivity contribution in [2.45, 2.75) is 17.7 Å². The van der Waals surface area contributed by atoms with E-state index in [9.17, 15) is 18.0 Å². The third-order valence-electron chi connectivity index (χ3n) is 6.43. The van der Waals surface area contributed by atoms with E-state index in [4.69, 9.17) is 9.15 Å². The van der Waals surface area contributed by atoms with Gasteiger partial charge in [0.15, 0.2) is 5.78 Å². The number of nitrogens with zero attached hydrogens (tertiary/aromatic N) is 1. The normalized spacial score (nSPS) is 13.9. The molecule has 10 heteroatoms. The number of methoxy groups -OCH3 is 1. The number of benzene rings is 3. The Morgan fingerprint density at radius 1 is 0.974 bits per heavy atom. The summed E-state index contributed by atoms with van der Waals surface area (Å²) in [5.41, 5.74) is 1.67. The molecule has 0 unspecified atom stereocenters. The fourth-order valence-electron chi connectivity index (χ4n) is 4.42. The molecule has 5 rings (SSSR count). The number of sulfonamides is 1. The van der Waals surface area contributed by atoms with Crippen LogP contribution >= 0.6 is 0 Å². The van der Waals surface area contributed by atoms with Crippen molar-refractivity contribution in [3.63, 3.8) is 0 Å². The number of para-hydroxylation sites is 1. The quantitative estimate of drug-likeness (QED) is 0.298. The van der Waals surface area contributed by atoms with E-state index in [2.05, 4.69) is 10.6 Å². The maximum atomic E-state index is 13.1. The van der Waals surface area contributed by atoms with Gasteiger partial charge in [0.1, 0.15) is 11.3 Å². The van der Waals surface area contributed by atoms with E-state index >= 15 is 0 Å². The van der Waals surface area contributed by atoms with Gasteiger partial charge in [-0.1, -0.05) is 24.3 Å². The molecule has 1 aliphatic rings. The number of carbonyl (C=O) groups is 2. The minimum atomic E-state index is -3.65. The number of Topliss-reactive ketones (excluding diaryl/α,β-unsaturated/α-hetero) is 1. The number of fused-ring (bicyclic) bond motifs is 1. The number of nitrogens with one attached hydrogen (secondary N) is 2. The van der Waals surface area contributed by atoms with E-state index in [1.54, 1.807) is 61.7 Å². The summed E-state index contributed by atoms with van der Waals surface area (Å²) in [6.45, 7) is 0.799.